The third-order valence-electron chi connectivity index (χ3n) is 3.70. The average Bonchev–Trinajstić information content (AvgIpc) is 2.58. The third kappa shape index (κ3) is 3.05. The normalized spacial score (nSPS) is 25.4. The fraction of sp³-hybridized carbons (Fsp3) is 0.857. The van der Waals surface area contributed by atoms with Crippen LogP contribution in [0.15, 0.2) is 0 Å². The summed E-state index contributed by atoms with van der Waals surface area (Å²) in [5.41, 5.74) is 0. The molecule has 2 aliphatic carbocycles. The Balaban J connectivity index is 1.81. The first-order chi connectivity index (χ1) is 6.95. The molecule has 0 bridgehead atoms. The monoisotopic (exact) mass is 190 g/mol. The molecule has 0 aliphatic heterocycles. The van der Waals surface area contributed by atoms with Crippen molar-refractivity contribution >= 4 is 0 Å². The van der Waals surface area contributed by atoms with Crippen LogP contribution in [-0.2, 0) is 0 Å². The van der Waals surface area contributed by atoms with Crippen molar-refractivity contribution in [2.24, 2.45) is 11.8 Å². The van der Waals surface area contributed by atoms with Crippen LogP contribution in [0.2, 0.25) is 0 Å². The maximum absolute atomic E-state index is 3.55. The number of hydrogen-bond acceptors (Lipinski definition) is 0. The quantitative estimate of drug-likeness (QED) is 0.397. The molecule has 0 saturated heterocycles. The molecule has 2 rings (SSSR count). The van der Waals surface area contributed by atoms with Crippen LogP contribution in [0.1, 0.15) is 64.2 Å². The Morgan fingerprint density at radius 1 is 0.500 bits per heavy atom. The molecule has 14 heavy (non-hydrogen) atoms. The summed E-state index contributed by atoms with van der Waals surface area (Å²) in [4.78, 5) is 0. The Kier molecular flexibility index (Phi) is 3.92. The first-order valence-electron chi connectivity index (χ1n) is 6.46. The standard InChI is InChI=1S/C14H22/c1-2-4-8-13(7-3-1)11-12-14-9-5-6-10-14/h13-14H,1-10H2. The Bertz CT molecular complexity index is 204. The fourth-order valence-corrected chi connectivity index (χ4v) is 2.73. The molecule has 0 aromatic heterocycles. The van der Waals surface area contributed by atoms with Crippen LogP contribution in [0.25, 0.3) is 0 Å². The highest BCUT2D eigenvalue weighted by Gasteiger charge is 2.13. The van der Waals surface area contributed by atoms with Gasteiger partial charge in [0.2, 0.25) is 0 Å². The second-order valence-corrected chi connectivity index (χ2v) is 4.96. The summed E-state index contributed by atoms with van der Waals surface area (Å²) in [5.74, 6) is 8.59. The van der Waals surface area contributed by atoms with Gasteiger partial charge in [-0.3, -0.25) is 0 Å². The molecular formula is C14H22. The maximum Gasteiger partial charge on any atom is 0.0203 e. The first-order valence-corrected chi connectivity index (χ1v) is 6.46. The van der Waals surface area contributed by atoms with Gasteiger partial charge < -0.3 is 0 Å². The van der Waals surface area contributed by atoms with Crippen LogP contribution >= 0.6 is 0 Å². The van der Waals surface area contributed by atoms with E-state index in [1.165, 1.54) is 64.2 Å². The van der Waals surface area contributed by atoms with Crippen molar-refractivity contribution in [3.05, 3.63) is 0 Å². The lowest BCUT2D eigenvalue weighted by atomic mass is 9.99. The van der Waals surface area contributed by atoms with Crippen molar-refractivity contribution < 1.29 is 0 Å². The van der Waals surface area contributed by atoms with E-state index in [2.05, 4.69) is 11.8 Å². The largest absolute Gasteiger partial charge is 0.0996 e. The molecule has 0 heteroatoms. The van der Waals surface area contributed by atoms with E-state index in [0.717, 1.165) is 11.8 Å². The van der Waals surface area contributed by atoms with Gasteiger partial charge in [-0.15, -0.1) is 0 Å². The second kappa shape index (κ2) is 5.44. The zero-order valence-electron chi connectivity index (χ0n) is 9.23. The van der Waals surface area contributed by atoms with Crippen molar-refractivity contribution in [3.63, 3.8) is 0 Å². The topological polar surface area (TPSA) is 0 Å². The van der Waals surface area contributed by atoms with Gasteiger partial charge in [0.1, 0.15) is 0 Å². The molecule has 0 atom stereocenters. The molecule has 0 aromatic carbocycles. The van der Waals surface area contributed by atoms with Crippen LogP contribution in [0, 0.1) is 23.7 Å². The van der Waals surface area contributed by atoms with Crippen LogP contribution in [-0.4, -0.2) is 0 Å². The van der Waals surface area contributed by atoms with Crippen molar-refractivity contribution in [2.45, 2.75) is 64.2 Å². The van der Waals surface area contributed by atoms with Gasteiger partial charge in [-0.25, -0.2) is 0 Å². The van der Waals surface area contributed by atoms with Gasteiger partial charge in [-0.2, -0.15) is 0 Å². The highest BCUT2D eigenvalue weighted by atomic mass is 14.2. The lowest BCUT2D eigenvalue weighted by Gasteiger charge is -2.05. The molecule has 0 radical (unpaired) electrons. The fourth-order valence-electron chi connectivity index (χ4n) is 2.73. The third-order valence-corrected chi connectivity index (χ3v) is 3.70. The van der Waals surface area contributed by atoms with E-state index in [0.29, 0.717) is 0 Å². The minimum Gasteiger partial charge on any atom is -0.0996 e. The maximum atomic E-state index is 3.55. The van der Waals surface area contributed by atoms with Gasteiger partial charge in [0.05, 0.1) is 0 Å². The molecular weight excluding hydrogens is 168 g/mol. The summed E-state index contributed by atoms with van der Waals surface area (Å²) >= 11 is 0. The van der Waals surface area contributed by atoms with E-state index >= 15 is 0 Å². The Morgan fingerprint density at radius 3 is 1.29 bits per heavy atom. The van der Waals surface area contributed by atoms with E-state index in [1.54, 1.807) is 0 Å². The van der Waals surface area contributed by atoms with Crippen molar-refractivity contribution in [1.29, 1.82) is 0 Å². The van der Waals surface area contributed by atoms with Crippen LogP contribution in [0.4, 0.5) is 0 Å². The van der Waals surface area contributed by atoms with Gasteiger partial charge in [0.25, 0.3) is 0 Å². The highest BCUT2D eigenvalue weighted by Crippen LogP contribution is 2.25. The van der Waals surface area contributed by atoms with Crippen molar-refractivity contribution in [1.82, 2.24) is 0 Å². The molecule has 0 aromatic rings. The van der Waals surface area contributed by atoms with Crippen molar-refractivity contribution in [3.8, 4) is 11.8 Å². The second-order valence-electron chi connectivity index (χ2n) is 4.96. The van der Waals surface area contributed by atoms with Crippen molar-refractivity contribution in [2.75, 3.05) is 0 Å². The minimum atomic E-state index is 0.748. The van der Waals surface area contributed by atoms with E-state index in [4.69, 9.17) is 0 Å². The molecule has 0 unspecified atom stereocenters. The van der Waals surface area contributed by atoms with Crippen LogP contribution < -0.4 is 0 Å². The molecule has 0 nitrogen and oxygen atoms in total. The minimum absolute atomic E-state index is 0.748. The average molecular weight is 190 g/mol. The Hall–Kier alpha value is -0.440. The highest BCUT2D eigenvalue weighted by molar-refractivity contribution is 5.08. The molecule has 2 saturated carbocycles. The summed E-state index contributed by atoms with van der Waals surface area (Å²) in [6.45, 7) is 0. The molecule has 0 N–H and O–H groups in total. The van der Waals surface area contributed by atoms with E-state index in [1.807, 2.05) is 0 Å². The zero-order chi connectivity index (χ0) is 9.64. The summed E-state index contributed by atoms with van der Waals surface area (Å²) in [6, 6.07) is 0. The van der Waals surface area contributed by atoms with Crippen LogP contribution in [0.3, 0.4) is 0 Å². The van der Waals surface area contributed by atoms with Gasteiger partial charge in [0, 0.05) is 11.8 Å². The molecule has 2 fully saturated rings. The summed E-state index contributed by atoms with van der Waals surface area (Å²) < 4.78 is 0. The first kappa shape index (κ1) is 10.1. The van der Waals surface area contributed by atoms with Crippen LogP contribution in [0.5, 0.6) is 0 Å². The van der Waals surface area contributed by atoms with Gasteiger partial charge >= 0.3 is 0 Å². The van der Waals surface area contributed by atoms with Gasteiger partial charge in [0.15, 0.2) is 0 Å². The predicted molar refractivity (Wildman–Crippen MR) is 60.9 cm³/mol. The predicted octanol–water partition coefficient (Wildman–Crippen LogP) is 4.15. The summed E-state index contributed by atoms with van der Waals surface area (Å²) in [5, 5.41) is 0. The molecule has 0 spiro atoms. The molecule has 0 amide bonds. The summed E-state index contributed by atoms with van der Waals surface area (Å²) in [7, 11) is 0. The van der Waals surface area contributed by atoms with Gasteiger partial charge in [-0.05, 0) is 25.7 Å². The van der Waals surface area contributed by atoms with E-state index < -0.39 is 0 Å². The summed E-state index contributed by atoms with van der Waals surface area (Å²) in [6.07, 6.45) is 14.1. The molecule has 2 aliphatic rings. The molecule has 78 valence electrons. The Labute approximate surface area is 88.5 Å². The van der Waals surface area contributed by atoms with E-state index in [9.17, 15) is 0 Å². The van der Waals surface area contributed by atoms with Gasteiger partial charge in [-0.1, -0.05) is 50.4 Å². The zero-order valence-corrected chi connectivity index (χ0v) is 9.23. The lowest BCUT2D eigenvalue weighted by molar-refractivity contribution is 0.574. The number of rotatable bonds is 0. The van der Waals surface area contributed by atoms with E-state index in [-0.39, 0.29) is 0 Å². The molecule has 0 heterocycles. The Morgan fingerprint density at radius 2 is 0.857 bits per heavy atom. The SMILES string of the molecule is C(#CC1CCCC1)C1CCCCCC1. The number of hydrogen-bond donors (Lipinski definition) is 0. The lowest BCUT2D eigenvalue weighted by Crippen LogP contribution is -1.96. The smallest absolute Gasteiger partial charge is 0.0203 e.